The van der Waals surface area contributed by atoms with Gasteiger partial charge >= 0.3 is 11.8 Å². The van der Waals surface area contributed by atoms with Crippen molar-refractivity contribution in [1.29, 1.82) is 0 Å². The van der Waals surface area contributed by atoms with Gasteiger partial charge in [0.2, 0.25) is 4.60 Å². The quantitative estimate of drug-likeness (QED) is 0.368. The Morgan fingerprint density at radius 2 is 2.28 bits per heavy atom. The van der Waals surface area contributed by atoms with Crippen molar-refractivity contribution in [3.8, 4) is 0 Å². The minimum absolute atomic E-state index is 0.0325. The van der Waals surface area contributed by atoms with Crippen LogP contribution in [0.2, 0.25) is 0 Å². The predicted molar refractivity (Wildman–Crippen MR) is 59.5 cm³/mol. The summed E-state index contributed by atoms with van der Waals surface area (Å²) in [5.41, 5.74) is -1.61. The largest absolute Gasteiger partial charge is 0.462 e. The molecule has 6 nitrogen and oxygen atoms in total. The molecule has 0 bridgehead atoms. The molecule has 0 atom stereocenters. The second-order valence-electron chi connectivity index (χ2n) is 3.01. The second-order valence-corrected chi connectivity index (χ2v) is 3.82. The molecular formula is C9H7BrF2N2O4. The van der Waals surface area contributed by atoms with Crippen molar-refractivity contribution in [2.24, 2.45) is 0 Å². The first-order valence-corrected chi connectivity index (χ1v) is 5.47. The average molecular weight is 325 g/mol. The molecule has 9 heteroatoms. The number of ether oxygens (including phenoxy) is 1. The average Bonchev–Trinajstić information content (AvgIpc) is 2.27. The maximum Gasteiger partial charge on any atom is 0.374 e. The Morgan fingerprint density at radius 1 is 1.67 bits per heavy atom. The predicted octanol–water partition coefficient (Wildman–Crippen LogP) is 2.87. The Morgan fingerprint density at radius 3 is 2.72 bits per heavy atom. The number of nitro groups is 1. The van der Waals surface area contributed by atoms with Crippen LogP contribution in [0.15, 0.2) is 10.7 Å². The standard InChI is InChI=1S/C9H7BrF2N2O4/c1-2-18-9(15)4-3-5(10)13-8(14(16)17)6(4)7(11)12/h3,7H,2H2,1H3. The molecule has 0 aliphatic rings. The molecule has 0 aliphatic heterocycles. The molecule has 0 aromatic carbocycles. The van der Waals surface area contributed by atoms with Crippen molar-refractivity contribution in [2.75, 3.05) is 6.61 Å². The minimum atomic E-state index is -3.20. The summed E-state index contributed by atoms with van der Waals surface area (Å²) in [6.07, 6.45) is -3.20. The van der Waals surface area contributed by atoms with Crippen LogP contribution >= 0.6 is 15.9 Å². The van der Waals surface area contributed by atoms with Crippen molar-refractivity contribution in [1.82, 2.24) is 4.98 Å². The molecule has 0 N–H and O–H groups in total. The lowest BCUT2D eigenvalue weighted by Gasteiger charge is -2.08. The van der Waals surface area contributed by atoms with E-state index in [1.165, 1.54) is 6.92 Å². The van der Waals surface area contributed by atoms with Crippen LogP contribution in [0.3, 0.4) is 0 Å². The van der Waals surface area contributed by atoms with Gasteiger partial charge in [0.1, 0.15) is 5.56 Å². The van der Waals surface area contributed by atoms with Gasteiger partial charge in [-0.2, -0.15) is 0 Å². The first kappa shape index (κ1) is 14.4. The third-order valence-electron chi connectivity index (χ3n) is 1.89. The van der Waals surface area contributed by atoms with Gasteiger partial charge in [0.15, 0.2) is 0 Å². The third-order valence-corrected chi connectivity index (χ3v) is 2.30. The van der Waals surface area contributed by atoms with Crippen LogP contribution in [0.5, 0.6) is 0 Å². The number of esters is 1. The lowest BCUT2D eigenvalue weighted by molar-refractivity contribution is -0.391. The zero-order valence-electron chi connectivity index (χ0n) is 9.02. The maximum absolute atomic E-state index is 12.8. The summed E-state index contributed by atoms with van der Waals surface area (Å²) in [6.45, 7) is 1.46. The molecule has 0 spiro atoms. The zero-order chi connectivity index (χ0) is 13.9. The summed E-state index contributed by atoms with van der Waals surface area (Å²) in [6, 6.07) is 0.965. The highest BCUT2D eigenvalue weighted by molar-refractivity contribution is 9.10. The molecule has 0 fully saturated rings. The van der Waals surface area contributed by atoms with Gasteiger partial charge in [-0.25, -0.2) is 13.6 Å². The Labute approximate surface area is 108 Å². The number of rotatable bonds is 4. The number of carbonyl (C=O) groups is 1. The highest BCUT2D eigenvalue weighted by Gasteiger charge is 2.32. The highest BCUT2D eigenvalue weighted by Crippen LogP contribution is 2.32. The number of aromatic nitrogens is 1. The summed E-state index contributed by atoms with van der Waals surface area (Å²) in [7, 11) is 0. The Balaban J connectivity index is 3.48. The molecule has 0 saturated heterocycles. The van der Waals surface area contributed by atoms with Gasteiger partial charge in [-0.05, 0) is 16.8 Å². The van der Waals surface area contributed by atoms with Crippen LogP contribution in [-0.2, 0) is 4.74 Å². The summed E-state index contributed by atoms with van der Waals surface area (Å²) >= 11 is 2.82. The van der Waals surface area contributed by atoms with E-state index in [-0.39, 0.29) is 11.2 Å². The fraction of sp³-hybridized carbons (Fsp3) is 0.333. The number of pyridine rings is 1. The fourth-order valence-electron chi connectivity index (χ4n) is 1.24. The van der Waals surface area contributed by atoms with Crippen molar-refractivity contribution in [3.05, 3.63) is 31.9 Å². The SMILES string of the molecule is CCOC(=O)c1cc(Br)nc([N+](=O)[O-])c1C(F)F. The third kappa shape index (κ3) is 2.97. The molecule has 1 aromatic rings. The van der Waals surface area contributed by atoms with E-state index in [1.54, 1.807) is 0 Å². The summed E-state index contributed by atoms with van der Waals surface area (Å²) in [4.78, 5) is 24.4. The van der Waals surface area contributed by atoms with Crippen LogP contribution in [0, 0.1) is 10.1 Å². The molecule has 0 unspecified atom stereocenters. The van der Waals surface area contributed by atoms with Crippen molar-refractivity contribution < 1.29 is 23.2 Å². The van der Waals surface area contributed by atoms with Crippen LogP contribution in [0.1, 0.15) is 29.3 Å². The van der Waals surface area contributed by atoms with E-state index in [0.29, 0.717) is 0 Å². The molecular weight excluding hydrogens is 318 g/mol. The first-order chi connectivity index (χ1) is 8.38. The summed E-state index contributed by atoms with van der Waals surface area (Å²) in [5, 5.41) is 10.6. The number of nitrogens with zero attached hydrogens (tertiary/aromatic N) is 2. The van der Waals surface area contributed by atoms with E-state index >= 15 is 0 Å². The van der Waals surface area contributed by atoms with Crippen molar-refractivity contribution >= 4 is 27.7 Å². The molecule has 0 radical (unpaired) electrons. The fourth-order valence-corrected chi connectivity index (χ4v) is 1.64. The molecule has 0 aliphatic carbocycles. The molecule has 1 rings (SSSR count). The van der Waals surface area contributed by atoms with Gasteiger partial charge in [0.05, 0.1) is 12.2 Å². The molecule has 0 amide bonds. The van der Waals surface area contributed by atoms with E-state index in [9.17, 15) is 23.7 Å². The van der Waals surface area contributed by atoms with Gasteiger partial charge < -0.3 is 14.9 Å². The van der Waals surface area contributed by atoms with E-state index < -0.39 is 34.3 Å². The molecule has 98 valence electrons. The number of alkyl halides is 2. The lowest BCUT2D eigenvalue weighted by Crippen LogP contribution is -2.12. The Kier molecular flexibility index (Phi) is 4.65. The first-order valence-electron chi connectivity index (χ1n) is 4.68. The van der Waals surface area contributed by atoms with Crippen LogP contribution < -0.4 is 0 Å². The van der Waals surface area contributed by atoms with E-state index in [2.05, 4.69) is 25.7 Å². The Hall–Kier alpha value is -1.64. The van der Waals surface area contributed by atoms with Crippen molar-refractivity contribution in [3.63, 3.8) is 0 Å². The molecule has 1 heterocycles. The smallest absolute Gasteiger partial charge is 0.374 e. The van der Waals surface area contributed by atoms with Crippen LogP contribution in [0.25, 0.3) is 0 Å². The number of halogens is 3. The normalized spacial score (nSPS) is 10.5. The maximum atomic E-state index is 12.8. The lowest BCUT2D eigenvalue weighted by atomic mass is 10.1. The number of carbonyl (C=O) groups excluding carboxylic acids is 1. The Bertz CT molecular complexity index is 496. The monoisotopic (exact) mass is 324 g/mol. The van der Waals surface area contributed by atoms with Gasteiger partial charge in [0.25, 0.3) is 6.43 Å². The number of hydrogen-bond donors (Lipinski definition) is 0. The highest BCUT2D eigenvalue weighted by atomic mass is 79.9. The number of hydrogen-bond acceptors (Lipinski definition) is 5. The second kappa shape index (κ2) is 5.80. The van der Waals surface area contributed by atoms with Gasteiger partial charge in [-0.1, -0.05) is 0 Å². The van der Waals surface area contributed by atoms with Crippen LogP contribution in [-0.4, -0.2) is 22.5 Å². The molecule has 18 heavy (non-hydrogen) atoms. The molecule has 0 saturated carbocycles. The molecule has 1 aromatic heterocycles. The van der Waals surface area contributed by atoms with E-state index in [4.69, 9.17) is 0 Å². The van der Waals surface area contributed by atoms with Crippen molar-refractivity contribution in [2.45, 2.75) is 13.3 Å². The topological polar surface area (TPSA) is 82.3 Å². The summed E-state index contributed by atoms with van der Waals surface area (Å²) < 4.78 is 30.1. The van der Waals surface area contributed by atoms with Gasteiger partial charge in [0, 0.05) is 22.0 Å². The van der Waals surface area contributed by atoms with Gasteiger partial charge in [-0.15, -0.1) is 0 Å². The van der Waals surface area contributed by atoms with Crippen LogP contribution in [0.4, 0.5) is 14.6 Å². The van der Waals surface area contributed by atoms with E-state index in [1.807, 2.05) is 0 Å². The minimum Gasteiger partial charge on any atom is -0.462 e. The van der Waals surface area contributed by atoms with Gasteiger partial charge in [-0.3, -0.25) is 0 Å². The zero-order valence-corrected chi connectivity index (χ0v) is 10.6. The van der Waals surface area contributed by atoms with E-state index in [0.717, 1.165) is 6.07 Å². The summed E-state index contributed by atoms with van der Waals surface area (Å²) in [5.74, 6) is -2.12.